The predicted octanol–water partition coefficient (Wildman–Crippen LogP) is 13.5. The van der Waals surface area contributed by atoms with E-state index >= 15 is 0 Å². The highest BCUT2D eigenvalue weighted by molar-refractivity contribution is 8.00. The van der Waals surface area contributed by atoms with Crippen molar-refractivity contribution in [2.45, 2.75) is 29.5 Å². The molecule has 1 unspecified atom stereocenters. The van der Waals surface area contributed by atoms with Crippen molar-refractivity contribution in [3.8, 4) is 45.0 Å². The van der Waals surface area contributed by atoms with E-state index in [2.05, 4.69) is 183 Å². The van der Waals surface area contributed by atoms with E-state index in [0.29, 0.717) is 0 Å². The van der Waals surface area contributed by atoms with Crippen LogP contribution >= 0.6 is 11.8 Å². The Kier molecular flexibility index (Phi) is 6.90. The van der Waals surface area contributed by atoms with E-state index < -0.39 is 0 Å². The first kappa shape index (κ1) is 31.3. The molecule has 256 valence electrons. The lowest BCUT2D eigenvalue weighted by molar-refractivity contribution is 0.661. The molecule has 4 heteroatoms. The van der Waals surface area contributed by atoms with Crippen LogP contribution in [0, 0.1) is 0 Å². The van der Waals surface area contributed by atoms with Crippen molar-refractivity contribution in [2.24, 2.45) is 0 Å². The minimum absolute atomic E-state index is 0.140. The van der Waals surface area contributed by atoms with Crippen LogP contribution in [-0.2, 0) is 5.41 Å². The topological polar surface area (TPSA) is 37.8 Å². The van der Waals surface area contributed by atoms with E-state index in [9.17, 15) is 0 Å². The number of hydrogen-bond acceptors (Lipinski definition) is 4. The van der Waals surface area contributed by atoms with Gasteiger partial charge in [-0.05, 0) is 91.1 Å². The second-order valence-corrected chi connectivity index (χ2v) is 16.2. The molecule has 1 N–H and O–H groups in total. The third kappa shape index (κ3) is 4.90. The second kappa shape index (κ2) is 11.9. The molecular weight excluding hydrogens is 675 g/mol. The van der Waals surface area contributed by atoms with Crippen LogP contribution in [0.2, 0.25) is 0 Å². The number of thioether (sulfide) groups is 1. The molecule has 0 spiro atoms. The van der Waals surface area contributed by atoms with E-state index in [-0.39, 0.29) is 10.8 Å². The maximum atomic E-state index is 5.31. The molecule has 54 heavy (non-hydrogen) atoms. The summed E-state index contributed by atoms with van der Waals surface area (Å²) in [6.07, 6.45) is 0. The molecule has 0 fully saturated rings. The fourth-order valence-corrected chi connectivity index (χ4v) is 9.80. The van der Waals surface area contributed by atoms with Gasteiger partial charge in [0.25, 0.3) is 0 Å². The number of hydrogen-bond donors (Lipinski definition) is 1. The SMILES string of the molecule is CC1(C)c2cc(-c3cc(-c4ccccc4)nc(-c4ccc5c(ccc6ccc7c(c65)NC(c5ccccc5)S7)c4)n3)ccc2-c2cc3ccccc3cc21. The first-order valence-corrected chi connectivity index (χ1v) is 19.5. The summed E-state index contributed by atoms with van der Waals surface area (Å²) in [6.45, 7) is 4.70. The fraction of sp³-hybridized carbons (Fsp3) is 0.0800. The normalized spacial score (nSPS) is 15.3. The largest absolute Gasteiger partial charge is 0.368 e. The number of fused-ring (bicyclic) bond motifs is 9. The molecule has 2 aliphatic rings. The molecule has 8 aromatic carbocycles. The van der Waals surface area contributed by atoms with Crippen molar-refractivity contribution in [3.63, 3.8) is 0 Å². The fourth-order valence-electron chi connectivity index (χ4n) is 8.65. The lowest BCUT2D eigenvalue weighted by Gasteiger charge is -2.22. The molecule has 0 saturated heterocycles. The third-order valence-electron chi connectivity index (χ3n) is 11.5. The molecule has 3 nitrogen and oxygen atoms in total. The molecule has 9 aromatic rings. The Balaban J connectivity index is 1.03. The highest BCUT2D eigenvalue weighted by atomic mass is 32.2. The van der Waals surface area contributed by atoms with Crippen molar-refractivity contribution < 1.29 is 0 Å². The molecule has 0 radical (unpaired) electrons. The van der Waals surface area contributed by atoms with Crippen molar-refractivity contribution in [2.75, 3.05) is 5.32 Å². The van der Waals surface area contributed by atoms with Gasteiger partial charge in [-0.2, -0.15) is 0 Å². The summed E-state index contributed by atoms with van der Waals surface area (Å²) in [5, 5.41) is 11.5. The standard InChI is InChI=1S/C50H35N3S/c1-50(2)41-28-36(19-23-39(41)40-26-33-15-9-10-16-34(33)27-42(40)50)44-29-43(30-11-5-3-6-12-30)51-48(52-44)37-20-22-38-35(25-37)18-17-31-21-24-45-47(46(31)38)53-49(54-45)32-13-7-4-8-14-32/h3-29,49,53H,1-2H3. The zero-order valence-corrected chi connectivity index (χ0v) is 30.8. The molecule has 0 saturated carbocycles. The quantitative estimate of drug-likeness (QED) is 0.185. The van der Waals surface area contributed by atoms with Crippen LogP contribution in [0.25, 0.3) is 77.3 Å². The minimum atomic E-state index is -0.140. The number of aromatic nitrogens is 2. The van der Waals surface area contributed by atoms with Crippen LogP contribution in [0.15, 0.2) is 169 Å². The first-order chi connectivity index (χ1) is 26.5. The lowest BCUT2D eigenvalue weighted by atomic mass is 9.81. The van der Waals surface area contributed by atoms with Gasteiger partial charge in [-0.1, -0.05) is 153 Å². The van der Waals surface area contributed by atoms with E-state index in [1.54, 1.807) is 0 Å². The summed E-state index contributed by atoms with van der Waals surface area (Å²) in [6, 6.07) is 59.3. The Morgan fingerprint density at radius 2 is 1.19 bits per heavy atom. The first-order valence-electron chi connectivity index (χ1n) is 18.6. The van der Waals surface area contributed by atoms with Gasteiger partial charge in [0.15, 0.2) is 5.82 Å². The summed E-state index contributed by atoms with van der Waals surface area (Å²) in [5.74, 6) is 0.721. The molecule has 1 aliphatic carbocycles. The average molecular weight is 710 g/mol. The van der Waals surface area contributed by atoms with Crippen LogP contribution in [0.5, 0.6) is 0 Å². The Bertz CT molecular complexity index is 2970. The highest BCUT2D eigenvalue weighted by Crippen LogP contribution is 2.52. The van der Waals surface area contributed by atoms with Gasteiger partial charge in [-0.3, -0.25) is 0 Å². The van der Waals surface area contributed by atoms with Crippen molar-refractivity contribution in [3.05, 3.63) is 180 Å². The smallest absolute Gasteiger partial charge is 0.160 e. The maximum absolute atomic E-state index is 5.31. The van der Waals surface area contributed by atoms with Crippen LogP contribution in [0.3, 0.4) is 0 Å². The summed E-state index contributed by atoms with van der Waals surface area (Å²) in [7, 11) is 0. The van der Waals surface area contributed by atoms with E-state index in [4.69, 9.17) is 9.97 Å². The number of nitrogens with one attached hydrogen (secondary N) is 1. The molecule has 11 rings (SSSR count). The molecule has 0 amide bonds. The number of anilines is 1. The predicted molar refractivity (Wildman–Crippen MR) is 227 cm³/mol. The van der Waals surface area contributed by atoms with Gasteiger partial charge in [0.05, 0.1) is 17.1 Å². The summed E-state index contributed by atoms with van der Waals surface area (Å²) in [5.41, 5.74) is 12.7. The van der Waals surface area contributed by atoms with Gasteiger partial charge >= 0.3 is 0 Å². The van der Waals surface area contributed by atoms with Crippen molar-refractivity contribution in [1.29, 1.82) is 0 Å². The zero-order valence-electron chi connectivity index (χ0n) is 30.0. The molecule has 0 bridgehead atoms. The Morgan fingerprint density at radius 3 is 2.00 bits per heavy atom. The van der Waals surface area contributed by atoms with Gasteiger partial charge in [-0.25, -0.2) is 9.97 Å². The number of nitrogens with zero attached hydrogens (tertiary/aromatic N) is 2. The summed E-state index contributed by atoms with van der Waals surface area (Å²) in [4.78, 5) is 11.8. The van der Waals surface area contributed by atoms with E-state index in [0.717, 1.165) is 33.9 Å². The van der Waals surface area contributed by atoms with Gasteiger partial charge in [0, 0.05) is 32.4 Å². The Labute approximate surface area is 318 Å². The third-order valence-corrected chi connectivity index (χ3v) is 12.7. The minimum Gasteiger partial charge on any atom is -0.368 e. The van der Waals surface area contributed by atoms with Crippen LogP contribution < -0.4 is 5.32 Å². The van der Waals surface area contributed by atoms with Gasteiger partial charge < -0.3 is 5.32 Å². The summed E-state index contributed by atoms with van der Waals surface area (Å²) >= 11 is 1.88. The van der Waals surface area contributed by atoms with Gasteiger partial charge in [0.1, 0.15) is 5.37 Å². The molecule has 1 aliphatic heterocycles. The Hall–Kier alpha value is -6.23. The second-order valence-electron chi connectivity index (χ2n) is 15.0. The van der Waals surface area contributed by atoms with Crippen molar-refractivity contribution in [1.82, 2.24) is 9.97 Å². The van der Waals surface area contributed by atoms with E-state index in [1.165, 1.54) is 70.7 Å². The van der Waals surface area contributed by atoms with Crippen LogP contribution in [0.4, 0.5) is 5.69 Å². The van der Waals surface area contributed by atoms with Crippen LogP contribution in [-0.4, -0.2) is 9.97 Å². The highest BCUT2D eigenvalue weighted by Gasteiger charge is 2.36. The number of rotatable bonds is 4. The summed E-state index contributed by atoms with van der Waals surface area (Å²) < 4.78 is 0. The van der Waals surface area contributed by atoms with Gasteiger partial charge in [0.2, 0.25) is 0 Å². The monoisotopic (exact) mass is 709 g/mol. The molecule has 2 heterocycles. The lowest BCUT2D eigenvalue weighted by Crippen LogP contribution is -2.15. The van der Waals surface area contributed by atoms with E-state index in [1.807, 2.05) is 11.8 Å². The van der Waals surface area contributed by atoms with Crippen LogP contribution in [0.1, 0.15) is 35.9 Å². The molecule has 1 aromatic heterocycles. The van der Waals surface area contributed by atoms with Crippen molar-refractivity contribution >= 4 is 49.8 Å². The average Bonchev–Trinajstić information content (AvgIpc) is 3.76. The molecule has 1 atom stereocenters. The maximum Gasteiger partial charge on any atom is 0.160 e. The molecular formula is C50H35N3S. The number of benzene rings is 8. The Morgan fingerprint density at radius 1 is 0.519 bits per heavy atom. The van der Waals surface area contributed by atoms with Gasteiger partial charge in [-0.15, -0.1) is 0 Å². The zero-order chi connectivity index (χ0) is 36.0.